The van der Waals surface area contributed by atoms with Gasteiger partial charge in [-0.25, -0.2) is 0 Å². The molecular formula is C12H16N2O4. The molecule has 98 valence electrons. The SMILES string of the molecule is CC1(C)[C@H](C(=O)O)[C@@H]1C(=O)N1CCOC(C#N)C1. The number of nitriles is 1. The molecule has 1 saturated heterocycles. The van der Waals surface area contributed by atoms with Crippen LogP contribution in [-0.2, 0) is 14.3 Å². The molecule has 1 N–H and O–H groups in total. The molecule has 1 saturated carbocycles. The number of hydrogen-bond acceptors (Lipinski definition) is 4. The lowest BCUT2D eigenvalue weighted by atomic mass is 10.1. The van der Waals surface area contributed by atoms with Gasteiger partial charge in [-0.05, 0) is 5.41 Å². The number of rotatable bonds is 2. The molecule has 6 nitrogen and oxygen atoms in total. The third-order valence-corrected chi connectivity index (χ3v) is 3.88. The number of amides is 1. The Balaban J connectivity index is 2.05. The van der Waals surface area contributed by atoms with E-state index in [9.17, 15) is 9.59 Å². The summed E-state index contributed by atoms with van der Waals surface area (Å²) in [5.74, 6) is -2.19. The minimum atomic E-state index is -0.927. The number of hydrogen-bond donors (Lipinski definition) is 1. The Labute approximate surface area is 105 Å². The molecule has 1 heterocycles. The van der Waals surface area contributed by atoms with E-state index in [0.717, 1.165) is 0 Å². The summed E-state index contributed by atoms with van der Waals surface area (Å²) >= 11 is 0. The summed E-state index contributed by atoms with van der Waals surface area (Å²) in [5, 5.41) is 17.8. The lowest BCUT2D eigenvalue weighted by molar-refractivity contribution is -0.144. The molecule has 0 aromatic heterocycles. The van der Waals surface area contributed by atoms with Crippen LogP contribution in [0.4, 0.5) is 0 Å². The van der Waals surface area contributed by atoms with Crippen LogP contribution in [0, 0.1) is 28.6 Å². The lowest BCUT2D eigenvalue weighted by Crippen LogP contribution is -2.46. The van der Waals surface area contributed by atoms with Gasteiger partial charge in [-0.15, -0.1) is 0 Å². The van der Waals surface area contributed by atoms with Gasteiger partial charge in [-0.1, -0.05) is 13.8 Å². The maximum absolute atomic E-state index is 12.2. The van der Waals surface area contributed by atoms with Gasteiger partial charge in [-0.3, -0.25) is 9.59 Å². The highest BCUT2D eigenvalue weighted by Crippen LogP contribution is 2.59. The Hall–Kier alpha value is -1.61. The highest BCUT2D eigenvalue weighted by atomic mass is 16.5. The minimum Gasteiger partial charge on any atom is -0.481 e. The van der Waals surface area contributed by atoms with Crippen LogP contribution in [0.2, 0.25) is 0 Å². The third kappa shape index (κ3) is 1.95. The van der Waals surface area contributed by atoms with Crippen molar-refractivity contribution in [1.82, 2.24) is 4.90 Å². The summed E-state index contributed by atoms with van der Waals surface area (Å²) in [7, 11) is 0. The lowest BCUT2D eigenvalue weighted by Gasteiger charge is -2.30. The summed E-state index contributed by atoms with van der Waals surface area (Å²) in [4.78, 5) is 24.8. The molecule has 2 aliphatic rings. The molecule has 1 amide bonds. The molecule has 2 rings (SSSR count). The van der Waals surface area contributed by atoms with E-state index in [0.29, 0.717) is 13.2 Å². The smallest absolute Gasteiger partial charge is 0.307 e. The Morgan fingerprint density at radius 2 is 2.11 bits per heavy atom. The fourth-order valence-electron chi connectivity index (χ4n) is 2.68. The molecule has 3 atom stereocenters. The van der Waals surface area contributed by atoms with E-state index in [2.05, 4.69) is 0 Å². The van der Waals surface area contributed by atoms with Crippen molar-refractivity contribution in [3.05, 3.63) is 0 Å². The van der Waals surface area contributed by atoms with E-state index in [1.165, 1.54) is 0 Å². The number of carbonyl (C=O) groups excluding carboxylic acids is 1. The molecule has 0 spiro atoms. The predicted molar refractivity (Wildman–Crippen MR) is 60.3 cm³/mol. The summed E-state index contributed by atoms with van der Waals surface area (Å²) < 4.78 is 5.16. The second-order valence-electron chi connectivity index (χ2n) is 5.39. The molecule has 1 aliphatic heterocycles. The highest BCUT2D eigenvalue weighted by Gasteiger charge is 2.66. The quantitative estimate of drug-likeness (QED) is 0.752. The Morgan fingerprint density at radius 3 is 2.61 bits per heavy atom. The topological polar surface area (TPSA) is 90.6 Å². The van der Waals surface area contributed by atoms with Gasteiger partial charge in [0.15, 0.2) is 6.10 Å². The van der Waals surface area contributed by atoms with E-state index in [1.807, 2.05) is 6.07 Å². The van der Waals surface area contributed by atoms with Crippen LogP contribution in [-0.4, -0.2) is 47.7 Å². The van der Waals surface area contributed by atoms with Gasteiger partial charge < -0.3 is 14.7 Å². The summed E-state index contributed by atoms with van der Waals surface area (Å²) in [6.45, 7) is 4.56. The van der Waals surface area contributed by atoms with Crippen LogP contribution in [0.5, 0.6) is 0 Å². The van der Waals surface area contributed by atoms with E-state index in [4.69, 9.17) is 15.1 Å². The molecule has 0 aromatic rings. The molecule has 1 unspecified atom stereocenters. The van der Waals surface area contributed by atoms with Gasteiger partial charge in [0, 0.05) is 6.54 Å². The van der Waals surface area contributed by atoms with Crippen LogP contribution in [0.15, 0.2) is 0 Å². The highest BCUT2D eigenvalue weighted by molar-refractivity contribution is 5.91. The first-order chi connectivity index (χ1) is 8.39. The Morgan fingerprint density at radius 1 is 1.44 bits per heavy atom. The van der Waals surface area contributed by atoms with Gasteiger partial charge in [0.25, 0.3) is 0 Å². The maximum atomic E-state index is 12.2. The summed E-state index contributed by atoms with van der Waals surface area (Å²) in [6, 6.07) is 1.97. The fraction of sp³-hybridized carbons (Fsp3) is 0.750. The first kappa shape index (κ1) is 12.8. The molecule has 0 radical (unpaired) electrons. The number of carboxylic acids is 1. The number of morpholine rings is 1. The van der Waals surface area contributed by atoms with Crippen LogP contribution < -0.4 is 0 Å². The van der Waals surface area contributed by atoms with Crippen molar-refractivity contribution in [2.24, 2.45) is 17.3 Å². The van der Waals surface area contributed by atoms with Crippen LogP contribution in [0.1, 0.15) is 13.8 Å². The molecule has 18 heavy (non-hydrogen) atoms. The van der Waals surface area contributed by atoms with Gasteiger partial charge >= 0.3 is 5.97 Å². The van der Waals surface area contributed by atoms with Gasteiger partial charge in [0.2, 0.25) is 5.91 Å². The zero-order valence-electron chi connectivity index (χ0n) is 10.4. The van der Waals surface area contributed by atoms with Crippen molar-refractivity contribution in [2.45, 2.75) is 20.0 Å². The van der Waals surface area contributed by atoms with E-state index in [1.54, 1.807) is 18.7 Å². The van der Waals surface area contributed by atoms with E-state index in [-0.39, 0.29) is 12.5 Å². The van der Waals surface area contributed by atoms with Crippen molar-refractivity contribution in [1.29, 1.82) is 5.26 Å². The first-order valence-corrected chi connectivity index (χ1v) is 5.92. The van der Waals surface area contributed by atoms with E-state index >= 15 is 0 Å². The molecule has 0 bridgehead atoms. The average molecular weight is 252 g/mol. The normalized spacial score (nSPS) is 33.6. The standard InChI is InChI=1S/C12H16N2O4/c1-12(2)8(9(12)11(16)17)10(15)14-3-4-18-7(5-13)6-14/h7-9H,3-4,6H2,1-2H3,(H,16,17)/t7?,8-,9+/m1/s1. The van der Waals surface area contributed by atoms with Crippen molar-refractivity contribution < 1.29 is 19.4 Å². The maximum Gasteiger partial charge on any atom is 0.307 e. The molecule has 1 aliphatic carbocycles. The minimum absolute atomic E-state index is 0.170. The fourth-order valence-corrected chi connectivity index (χ4v) is 2.68. The van der Waals surface area contributed by atoms with Crippen molar-refractivity contribution in [3.8, 4) is 6.07 Å². The third-order valence-electron chi connectivity index (χ3n) is 3.88. The zero-order chi connectivity index (χ0) is 13.5. The zero-order valence-corrected chi connectivity index (χ0v) is 10.4. The number of ether oxygens (including phenoxy) is 1. The van der Waals surface area contributed by atoms with Crippen LogP contribution >= 0.6 is 0 Å². The van der Waals surface area contributed by atoms with Gasteiger partial charge in [0.05, 0.1) is 31.1 Å². The van der Waals surface area contributed by atoms with Crippen LogP contribution in [0.25, 0.3) is 0 Å². The second-order valence-corrected chi connectivity index (χ2v) is 5.39. The molecule has 0 aromatic carbocycles. The van der Waals surface area contributed by atoms with E-state index < -0.39 is 29.3 Å². The number of carboxylic acid groups (broad SMARTS) is 1. The van der Waals surface area contributed by atoms with Gasteiger partial charge in [0.1, 0.15) is 0 Å². The second kappa shape index (κ2) is 4.25. The molecule has 2 fully saturated rings. The predicted octanol–water partition coefficient (Wildman–Crippen LogP) is 0.0942. The summed E-state index contributed by atoms with van der Waals surface area (Å²) in [5.41, 5.74) is -0.497. The molecular weight excluding hydrogens is 236 g/mol. The Bertz CT molecular complexity index is 426. The summed E-state index contributed by atoms with van der Waals surface area (Å²) in [6.07, 6.45) is -0.604. The largest absolute Gasteiger partial charge is 0.481 e. The number of aliphatic carboxylic acids is 1. The molecule has 6 heteroatoms. The van der Waals surface area contributed by atoms with Crippen molar-refractivity contribution in [2.75, 3.05) is 19.7 Å². The van der Waals surface area contributed by atoms with Crippen molar-refractivity contribution >= 4 is 11.9 Å². The first-order valence-electron chi connectivity index (χ1n) is 5.92. The Kier molecular flexibility index (Phi) is 3.03. The average Bonchev–Trinajstić information content (AvgIpc) is 2.91. The van der Waals surface area contributed by atoms with Gasteiger partial charge in [-0.2, -0.15) is 5.26 Å². The number of carbonyl (C=O) groups is 2. The van der Waals surface area contributed by atoms with Crippen molar-refractivity contribution in [3.63, 3.8) is 0 Å². The monoisotopic (exact) mass is 252 g/mol. The number of nitrogens with zero attached hydrogens (tertiary/aromatic N) is 2. The van der Waals surface area contributed by atoms with Crippen LogP contribution in [0.3, 0.4) is 0 Å².